The van der Waals surface area contributed by atoms with Crippen LogP contribution in [0.25, 0.3) is 0 Å². The zero-order valence-electron chi connectivity index (χ0n) is 10.1. The first-order valence-electron chi connectivity index (χ1n) is 5.16. The minimum atomic E-state index is -3.27. The molecule has 0 radical (unpaired) electrons. The van der Waals surface area contributed by atoms with E-state index in [0.717, 1.165) is 6.26 Å². The minimum Gasteiger partial charge on any atom is -0.480 e. The highest BCUT2D eigenvalue weighted by Crippen LogP contribution is 2.19. The van der Waals surface area contributed by atoms with Crippen LogP contribution in [0.5, 0.6) is 5.88 Å². The Morgan fingerprint density at radius 1 is 1.50 bits per heavy atom. The van der Waals surface area contributed by atoms with Crippen molar-refractivity contribution < 1.29 is 17.9 Å². The van der Waals surface area contributed by atoms with Gasteiger partial charge in [-0.3, -0.25) is 4.79 Å². The Hall–Kier alpha value is -1.67. The topological polar surface area (TPSA) is 97.4 Å². The zero-order valence-corrected chi connectivity index (χ0v) is 11.0. The van der Waals surface area contributed by atoms with Gasteiger partial charge in [-0.25, -0.2) is 18.1 Å². The van der Waals surface area contributed by atoms with E-state index in [1.165, 1.54) is 7.11 Å². The molecule has 0 aliphatic heterocycles. The smallest absolute Gasteiger partial charge is 0.237 e. The van der Waals surface area contributed by atoms with Crippen LogP contribution in [0.3, 0.4) is 0 Å². The summed E-state index contributed by atoms with van der Waals surface area (Å²) in [5.74, 6) is -0.0145. The second-order valence-electron chi connectivity index (χ2n) is 3.52. The Bertz CT molecular complexity index is 516. The molecule has 0 spiro atoms. The maximum absolute atomic E-state index is 11.5. The summed E-state index contributed by atoms with van der Waals surface area (Å²) in [6.45, 7) is 0.0489. The molecule has 2 N–H and O–H groups in total. The number of hydrogen-bond donors (Lipinski definition) is 2. The van der Waals surface area contributed by atoms with Crippen LogP contribution in [0, 0.1) is 0 Å². The summed E-state index contributed by atoms with van der Waals surface area (Å²) in [6, 6.07) is 3.31. The number of pyridine rings is 1. The van der Waals surface area contributed by atoms with E-state index in [0.29, 0.717) is 11.6 Å². The highest BCUT2D eigenvalue weighted by Gasteiger charge is 2.08. The van der Waals surface area contributed by atoms with E-state index in [9.17, 15) is 13.2 Å². The highest BCUT2D eigenvalue weighted by molar-refractivity contribution is 7.88. The van der Waals surface area contributed by atoms with E-state index in [2.05, 4.69) is 15.0 Å². The van der Waals surface area contributed by atoms with Gasteiger partial charge in [0.25, 0.3) is 0 Å². The van der Waals surface area contributed by atoms with Crippen molar-refractivity contribution in [3.63, 3.8) is 0 Å². The summed E-state index contributed by atoms with van der Waals surface area (Å²) in [6.07, 6.45) is 2.61. The third-order valence-electron chi connectivity index (χ3n) is 1.95. The number of nitrogens with one attached hydrogen (secondary N) is 2. The molecule has 18 heavy (non-hydrogen) atoms. The van der Waals surface area contributed by atoms with E-state index in [-0.39, 0.29) is 18.9 Å². The monoisotopic (exact) mass is 273 g/mol. The predicted octanol–water partition coefficient (Wildman–Crippen LogP) is -0.0320. The summed E-state index contributed by atoms with van der Waals surface area (Å²) >= 11 is 0. The summed E-state index contributed by atoms with van der Waals surface area (Å²) in [5.41, 5.74) is 0.448. The van der Waals surface area contributed by atoms with Crippen LogP contribution in [0.4, 0.5) is 5.69 Å². The van der Waals surface area contributed by atoms with Crippen LogP contribution < -0.4 is 14.8 Å². The van der Waals surface area contributed by atoms with Crippen molar-refractivity contribution in [1.82, 2.24) is 9.71 Å². The molecule has 1 amide bonds. The molecule has 0 atom stereocenters. The van der Waals surface area contributed by atoms with Crippen molar-refractivity contribution in [2.45, 2.75) is 6.42 Å². The minimum absolute atomic E-state index is 0.0329. The SMILES string of the molecule is COc1ncccc1NC(=O)CCNS(C)(=O)=O. The molecule has 8 heteroatoms. The maximum Gasteiger partial charge on any atom is 0.237 e. The Labute approximate surface area is 106 Å². The van der Waals surface area contributed by atoms with E-state index >= 15 is 0 Å². The maximum atomic E-state index is 11.5. The Morgan fingerprint density at radius 2 is 2.22 bits per heavy atom. The van der Waals surface area contributed by atoms with Crippen molar-refractivity contribution in [3.8, 4) is 5.88 Å². The highest BCUT2D eigenvalue weighted by atomic mass is 32.2. The van der Waals surface area contributed by atoms with Gasteiger partial charge >= 0.3 is 0 Å². The van der Waals surface area contributed by atoms with Crippen molar-refractivity contribution in [2.24, 2.45) is 0 Å². The molecule has 100 valence electrons. The number of carbonyl (C=O) groups excluding carboxylic acids is 1. The zero-order chi connectivity index (χ0) is 13.6. The number of nitrogens with zero attached hydrogens (tertiary/aromatic N) is 1. The lowest BCUT2D eigenvalue weighted by molar-refractivity contribution is -0.116. The quantitative estimate of drug-likeness (QED) is 0.758. The number of methoxy groups -OCH3 is 1. The molecule has 0 bridgehead atoms. The van der Waals surface area contributed by atoms with Crippen LogP contribution in [-0.2, 0) is 14.8 Å². The predicted molar refractivity (Wildman–Crippen MR) is 66.9 cm³/mol. The first kappa shape index (κ1) is 14.4. The summed E-state index contributed by atoms with van der Waals surface area (Å²) in [5, 5.41) is 2.59. The number of sulfonamides is 1. The van der Waals surface area contributed by atoms with Gasteiger partial charge in [-0.2, -0.15) is 0 Å². The number of rotatable bonds is 6. The van der Waals surface area contributed by atoms with E-state index in [4.69, 9.17) is 4.74 Å². The third-order valence-corrected chi connectivity index (χ3v) is 2.68. The largest absolute Gasteiger partial charge is 0.480 e. The lowest BCUT2D eigenvalue weighted by atomic mass is 10.3. The van der Waals surface area contributed by atoms with Gasteiger partial charge in [0.05, 0.1) is 13.4 Å². The second kappa shape index (κ2) is 6.31. The average Bonchev–Trinajstić information content (AvgIpc) is 2.28. The number of aromatic nitrogens is 1. The van der Waals surface area contributed by atoms with Crippen molar-refractivity contribution >= 4 is 21.6 Å². The van der Waals surface area contributed by atoms with Crippen LogP contribution in [-0.4, -0.2) is 39.2 Å². The van der Waals surface area contributed by atoms with Crippen LogP contribution in [0.2, 0.25) is 0 Å². The van der Waals surface area contributed by atoms with Crippen LogP contribution in [0.1, 0.15) is 6.42 Å². The van der Waals surface area contributed by atoms with Gasteiger partial charge in [0.1, 0.15) is 5.69 Å². The molecule has 1 rings (SSSR count). The Morgan fingerprint density at radius 3 is 2.83 bits per heavy atom. The van der Waals surface area contributed by atoms with E-state index < -0.39 is 10.0 Å². The van der Waals surface area contributed by atoms with Crippen LogP contribution >= 0.6 is 0 Å². The molecule has 0 unspecified atom stereocenters. The second-order valence-corrected chi connectivity index (χ2v) is 5.36. The lowest BCUT2D eigenvalue weighted by Gasteiger charge is -2.08. The van der Waals surface area contributed by atoms with Gasteiger partial charge in [0.2, 0.25) is 21.8 Å². The first-order valence-corrected chi connectivity index (χ1v) is 7.05. The molecule has 0 aliphatic carbocycles. The molecule has 1 aromatic heterocycles. The average molecular weight is 273 g/mol. The number of hydrogen-bond acceptors (Lipinski definition) is 5. The van der Waals surface area contributed by atoms with E-state index in [1.807, 2.05) is 0 Å². The third kappa shape index (κ3) is 5.11. The fourth-order valence-electron chi connectivity index (χ4n) is 1.21. The standard InChI is InChI=1S/C10H15N3O4S/c1-17-10-8(4-3-6-11-10)13-9(14)5-7-12-18(2,15)16/h3-4,6,12H,5,7H2,1-2H3,(H,13,14). The molecule has 0 aromatic carbocycles. The first-order chi connectivity index (χ1) is 8.42. The summed E-state index contributed by atoms with van der Waals surface area (Å²) < 4.78 is 28.8. The van der Waals surface area contributed by atoms with Gasteiger partial charge in [0, 0.05) is 19.2 Å². The van der Waals surface area contributed by atoms with Gasteiger partial charge in [0.15, 0.2) is 0 Å². The number of amides is 1. The number of carbonyl (C=O) groups is 1. The Balaban J connectivity index is 2.50. The summed E-state index contributed by atoms with van der Waals surface area (Å²) in [4.78, 5) is 15.5. The lowest BCUT2D eigenvalue weighted by Crippen LogP contribution is -2.26. The molecular weight excluding hydrogens is 258 g/mol. The fraction of sp³-hybridized carbons (Fsp3) is 0.400. The molecule has 7 nitrogen and oxygen atoms in total. The van der Waals surface area contributed by atoms with Gasteiger partial charge in [-0.1, -0.05) is 0 Å². The molecule has 0 fully saturated rings. The van der Waals surface area contributed by atoms with Crippen molar-refractivity contribution in [3.05, 3.63) is 18.3 Å². The molecule has 0 saturated heterocycles. The molecule has 0 saturated carbocycles. The molecule has 1 heterocycles. The summed E-state index contributed by atoms with van der Waals surface area (Å²) in [7, 11) is -1.82. The van der Waals surface area contributed by atoms with E-state index in [1.54, 1.807) is 18.3 Å². The molecule has 0 aliphatic rings. The normalized spacial score (nSPS) is 11.0. The van der Waals surface area contributed by atoms with Crippen molar-refractivity contribution in [1.29, 1.82) is 0 Å². The number of anilines is 1. The fourth-order valence-corrected chi connectivity index (χ4v) is 1.68. The van der Waals surface area contributed by atoms with Crippen molar-refractivity contribution in [2.75, 3.05) is 25.2 Å². The Kier molecular flexibility index (Phi) is 5.05. The molecule has 1 aromatic rings. The van der Waals surface area contributed by atoms with Gasteiger partial charge in [-0.15, -0.1) is 0 Å². The molecular formula is C10H15N3O4S. The van der Waals surface area contributed by atoms with Gasteiger partial charge < -0.3 is 10.1 Å². The van der Waals surface area contributed by atoms with Crippen LogP contribution in [0.15, 0.2) is 18.3 Å². The van der Waals surface area contributed by atoms with Gasteiger partial charge in [-0.05, 0) is 12.1 Å². The number of ether oxygens (including phenoxy) is 1.